The van der Waals surface area contributed by atoms with Gasteiger partial charge in [-0.3, -0.25) is 0 Å². The fourth-order valence-electron chi connectivity index (χ4n) is 1.89. The molecule has 1 N–H and O–H groups in total. The summed E-state index contributed by atoms with van der Waals surface area (Å²) in [4.78, 5) is 0. The van der Waals surface area contributed by atoms with E-state index in [-0.39, 0.29) is 6.10 Å². The van der Waals surface area contributed by atoms with Crippen LogP contribution in [0.4, 0.5) is 0 Å². The number of benzene rings is 1. The molecule has 2 rings (SSSR count). The van der Waals surface area contributed by atoms with Crippen LogP contribution < -0.4 is 5.32 Å². The highest BCUT2D eigenvalue weighted by atomic mass is 16.5. The molecule has 0 saturated carbocycles. The summed E-state index contributed by atoms with van der Waals surface area (Å²) >= 11 is 0. The average molecular weight is 205 g/mol. The Hall–Kier alpha value is -0.860. The van der Waals surface area contributed by atoms with Gasteiger partial charge in [-0.05, 0) is 43.5 Å². The summed E-state index contributed by atoms with van der Waals surface area (Å²) in [7, 11) is 0. The maximum atomic E-state index is 5.82. The Labute approximate surface area is 91.6 Å². The average Bonchev–Trinajstić information content (AvgIpc) is 2.50. The first-order valence-corrected chi connectivity index (χ1v) is 5.67. The molecule has 1 heterocycles. The fourth-order valence-corrected chi connectivity index (χ4v) is 1.89. The highest BCUT2D eigenvalue weighted by molar-refractivity contribution is 5.31. The van der Waals surface area contributed by atoms with E-state index in [1.165, 1.54) is 16.7 Å². The summed E-state index contributed by atoms with van der Waals surface area (Å²) in [5.41, 5.74) is 3.99. The summed E-state index contributed by atoms with van der Waals surface area (Å²) in [6.07, 6.45) is 1.34. The Kier molecular flexibility index (Phi) is 3.39. The van der Waals surface area contributed by atoms with Crippen LogP contribution in [0, 0.1) is 13.8 Å². The van der Waals surface area contributed by atoms with Crippen LogP contribution in [-0.2, 0) is 4.74 Å². The van der Waals surface area contributed by atoms with Gasteiger partial charge in [-0.25, -0.2) is 0 Å². The second-order valence-electron chi connectivity index (χ2n) is 4.26. The summed E-state index contributed by atoms with van der Waals surface area (Å²) < 4.78 is 5.82. The van der Waals surface area contributed by atoms with Gasteiger partial charge in [-0.1, -0.05) is 18.2 Å². The molecule has 0 radical (unpaired) electrons. The van der Waals surface area contributed by atoms with Crippen molar-refractivity contribution in [2.24, 2.45) is 0 Å². The first-order chi connectivity index (χ1) is 7.27. The van der Waals surface area contributed by atoms with Crippen LogP contribution in [0.25, 0.3) is 0 Å². The van der Waals surface area contributed by atoms with Gasteiger partial charge in [-0.15, -0.1) is 0 Å². The van der Waals surface area contributed by atoms with Crippen molar-refractivity contribution < 1.29 is 4.74 Å². The van der Waals surface area contributed by atoms with Crippen LogP contribution in [-0.4, -0.2) is 19.7 Å². The smallest absolute Gasteiger partial charge is 0.0949 e. The lowest BCUT2D eigenvalue weighted by atomic mass is 10.0. The molecule has 1 atom stereocenters. The van der Waals surface area contributed by atoms with Crippen molar-refractivity contribution >= 4 is 0 Å². The lowest BCUT2D eigenvalue weighted by Crippen LogP contribution is -2.20. The molecule has 2 heteroatoms. The minimum Gasteiger partial charge on any atom is -0.372 e. The van der Waals surface area contributed by atoms with Gasteiger partial charge in [0, 0.05) is 13.2 Å². The molecule has 0 spiro atoms. The molecule has 15 heavy (non-hydrogen) atoms. The van der Waals surface area contributed by atoms with Crippen LogP contribution in [0.3, 0.4) is 0 Å². The van der Waals surface area contributed by atoms with Gasteiger partial charge in [0.2, 0.25) is 0 Å². The predicted octanol–water partition coefficient (Wildman–Crippen LogP) is 2.35. The first kappa shape index (κ1) is 10.7. The fraction of sp³-hybridized carbons (Fsp3) is 0.538. The molecule has 1 aromatic rings. The van der Waals surface area contributed by atoms with Crippen LogP contribution in [0.5, 0.6) is 0 Å². The molecule has 1 saturated heterocycles. The Balaban J connectivity index is 2.16. The van der Waals surface area contributed by atoms with E-state index in [0.717, 1.165) is 26.1 Å². The largest absolute Gasteiger partial charge is 0.372 e. The van der Waals surface area contributed by atoms with Gasteiger partial charge in [0.05, 0.1) is 6.10 Å². The molecule has 0 amide bonds. The SMILES string of the molecule is Cc1ccc(C2CNCCCO2)cc1C. The van der Waals surface area contributed by atoms with Crippen molar-refractivity contribution in [3.05, 3.63) is 34.9 Å². The van der Waals surface area contributed by atoms with Gasteiger partial charge in [0.15, 0.2) is 0 Å². The molecule has 0 aliphatic carbocycles. The normalized spacial score (nSPS) is 22.4. The zero-order valence-corrected chi connectivity index (χ0v) is 9.55. The molecular weight excluding hydrogens is 186 g/mol. The second kappa shape index (κ2) is 4.77. The first-order valence-electron chi connectivity index (χ1n) is 5.67. The van der Waals surface area contributed by atoms with Crippen molar-refractivity contribution in [2.45, 2.75) is 26.4 Å². The van der Waals surface area contributed by atoms with E-state index in [4.69, 9.17) is 4.74 Å². The number of nitrogens with one attached hydrogen (secondary N) is 1. The molecule has 1 unspecified atom stereocenters. The Morgan fingerprint density at radius 1 is 1.27 bits per heavy atom. The molecule has 1 aliphatic heterocycles. The van der Waals surface area contributed by atoms with Crippen molar-refractivity contribution in [3.63, 3.8) is 0 Å². The van der Waals surface area contributed by atoms with Crippen molar-refractivity contribution in [2.75, 3.05) is 19.7 Å². The zero-order valence-electron chi connectivity index (χ0n) is 9.55. The summed E-state index contributed by atoms with van der Waals surface area (Å²) in [6, 6.07) is 6.60. The van der Waals surface area contributed by atoms with Gasteiger partial charge in [0.25, 0.3) is 0 Å². The molecule has 1 fully saturated rings. The van der Waals surface area contributed by atoms with Crippen molar-refractivity contribution in [1.29, 1.82) is 0 Å². The Morgan fingerprint density at radius 2 is 2.13 bits per heavy atom. The molecule has 0 aromatic heterocycles. The van der Waals surface area contributed by atoms with Gasteiger partial charge in [0.1, 0.15) is 0 Å². The molecule has 0 bridgehead atoms. The van der Waals surface area contributed by atoms with Crippen LogP contribution in [0.1, 0.15) is 29.2 Å². The third kappa shape index (κ3) is 2.58. The van der Waals surface area contributed by atoms with E-state index < -0.39 is 0 Å². The lowest BCUT2D eigenvalue weighted by molar-refractivity contribution is 0.0668. The van der Waals surface area contributed by atoms with Gasteiger partial charge in [-0.2, -0.15) is 0 Å². The monoisotopic (exact) mass is 205 g/mol. The topological polar surface area (TPSA) is 21.3 Å². The maximum absolute atomic E-state index is 5.82. The van der Waals surface area contributed by atoms with Crippen LogP contribution in [0.2, 0.25) is 0 Å². The number of hydrogen-bond acceptors (Lipinski definition) is 2. The number of aryl methyl sites for hydroxylation is 2. The molecule has 1 aromatic carbocycles. The third-order valence-electron chi connectivity index (χ3n) is 3.05. The zero-order chi connectivity index (χ0) is 10.7. The molecule has 82 valence electrons. The highest BCUT2D eigenvalue weighted by Crippen LogP contribution is 2.21. The minimum atomic E-state index is 0.229. The highest BCUT2D eigenvalue weighted by Gasteiger charge is 2.14. The number of ether oxygens (including phenoxy) is 1. The van der Waals surface area contributed by atoms with Crippen LogP contribution in [0.15, 0.2) is 18.2 Å². The minimum absolute atomic E-state index is 0.229. The molecule has 2 nitrogen and oxygen atoms in total. The standard InChI is InChI=1S/C13H19NO/c1-10-4-5-12(8-11(10)2)13-9-14-6-3-7-15-13/h4-5,8,13-14H,3,6-7,9H2,1-2H3. The summed E-state index contributed by atoms with van der Waals surface area (Å²) in [5.74, 6) is 0. The van der Waals surface area contributed by atoms with E-state index >= 15 is 0 Å². The summed E-state index contributed by atoms with van der Waals surface area (Å²) in [5, 5.41) is 3.40. The van der Waals surface area contributed by atoms with E-state index in [0.29, 0.717) is 0 Å². The van der Waals surface area contributed by atoms with E-state index in [9.17, 15) is 0 Å². The predicted molar refractivity (Wildman–Crippen MR) is 62.1 cm³/mol. The Bertz CT molecular complexity index is 327. The van der Waals surface area contributed by atoms with Crippen molar-refractivity contribution in [1.82, 2.24) is 5.32 Å². The van der Waals surface area contributed by atoms with Crippen LogP contribution >= 0.6 is 0 Å². The quantitative estimate of drug-likeness (QED) is 0.760. The molecular formula is C13H19NO. The Morgan fingerprint density at radius 3 is 2.93 bits per heavy atom. The maximum Gasteiger partial charge on any atom is 0.0949 e. The second-order valence-corrected chi connectivity index (χ2v) is 4.26. The lowest BCUT2D eigenvalue weighted by Gasteiger charge is -2.16. The number of rotatable bonds is 1. The number of hydrogen-bond donors (Lipinski definition) is 1. The van der Waals surface area contributed by atoms with E-state index in [1.54, 1.807) is 0 Å². The van der Waals surface area contributed by atoms with E-state index in [2.05, 4.69) is 37.4 Å². The van der Waals surface area contributed by atoms with Gasteiger partial charge >= 0.3 is 0 Å². The van der Waals surface area contributed by atoms with Crippen molar-refractivity contribution in [3.8, 4) is 0 Å². The third-order valence-corrected chi connectivity index (χ3v) is 3.05. The van der Waals surface area contributed by atoms with E-state index in [1.807, 2.05) is 0 Å². The summed E-state index contributed by atoms with van der Waals surface area (Å²) in [6.45, 7) is 7.17. The molecule has 1 aliphatic rings. The van der Waals surface area contributed by atoms with Gasteiger partial charge < -0.3 is 10.1 Å².